The Bertz CT molecular complexity index is 250. The lowest BCUT2D eigenvalue weighted by Crippen LogP contribution is -2.40. The Kier molecular flexibility index (Phi) is 35.1. The van der Waals surface area contributed by atoms with Gasteiger partial charge in [-0.15, -0.1) is 19.4 Å². The second-order valence-electron chi connectivity index (χ2n) is 3.78. The van der Waals surface area contributed by atoms with E-state index >= 15 is 0 Å². The summed E-state index contributed by atoms with van der Waals surface area (Å²) in [6.45, 7) is 14.2. The molecule has 0 aliphatic rings. The van der Waals surface area contributed by atoms with Crippen LogP contribution in [0.1, 0.15) is 60.3 Å². The van der Waals surface area contributed by atoms with Gasteiger partial charge in [-0.05, 0) is 12.8 Å². The molecule has 124 valence electrons. The van der Waals surface area contributed by atoms with Crippen LogP contribution in [-0.4, -0.2) is 35.0 Å². The highest BCUT2D eigenvalue weighted by molar-refractivity contribution is 5.76. The second kappa shape index (κ2) is 26.7. The van der Waals surface area contributed by atoms with Crippen LogP contribution in [0.3, 0.4) is 0 Å². The topological polar surface area (TPSA) is 57.6 Å². The fraction of sp³-hybridized carbons (Fsp3) is 0.647. The summed E-state index contributed by atoms with van der Waals surface area (Å²) in [5, 5.41) is 8.86. The standard InChI is InChI=1S/C10H17NO3.C3H8.C2H6.C2H2/c1-3-5-7-11(8-12)9(6-4-2)10(13)14;1-3-2;2*1-2/h4,8-9H,2-3,5-7H2,1H3,(H,13,14);3H2,1-2H3;1-2H3;1-2H/t9-;;;/m0.../s1. The Balaban J connectivity index is -0.000000176. The summed E-state index contributed by atoms with van der Waals surface area (Å²) >= 11 is 0. The molecule has 0 heterocycles. The van der Waals surface area contributed by atoms with Crippen LogP contribution in [-0.2, 0) is 9.59 Å². The fourth-order valence-electron chi connectivity index (χ4n) is 1.16. The van der Waals surface area contributed by atoms with Gasteiger partial charge in [0.05, 0.1) is 0 Å². The third-order valence-electron chi connectivity index (χ3n) is 1.98. The van der Waals surface area contributed by atoms with Gasteiger partial charge in [0.15, 0.2) is 0 Å². The molecule has 4 heteroatoms. The van der Waals surface area contributed by atoms with Crippen molar-refractivity contribution in [2.45, 2.75) is 66.3 Å². The third-order valence-corrected chi connectivity index (χ3v) is 1.98. The first-order valence-electron chi connectivity index (χ1n) is 7.46. The molecule has 1 N–H and O–H groups in total. The third kappa shape index (κ3) is 20.7. The zero-order valence-corrected chi connectivity index (χ0v) is 14.3. The number of terminal acetylenes is 1. The molecule has 0 aromatic rings. The summed E-state index contributed by atoms with van der Waals surface area (Å²) in [6.07, 6.45) is 13.4. The number of nitrogens with zero attached hydrogens (tertiary/aromatic N) is 1. The van der Waals surface area contributed by atoms with Gasteiger partial charge in [0, 0.05) is 6.54 Å². The van der Waals surface area contributed by atoms with Crippen LogP contribution >= 0.6 is 0 Å². The molecular formula is C17H33NO3. The van der Waals surface area contributed by atoms with Crippen molar-refractivity contribution in [2.75, 3.05) is 6.54 Å². The fourth-order valence-corrected chi connectivity index (χ4v) is 1.16. The van der Waals surface area contributed by atoms with Gasteiger partial charge in [0.2, 0.25) is 6.41 Å². The first-order valence-corrected chi connectivity index (χ1v) is 7.46. The molecule has 4 nitrogen and oxygen atoms in total. The minimum Gasteiger partial charge on any atom is -0.480 e. The van der Waals surface area contributed by atoms with Crippen molar-refractivity contribution in [3.63, 3.8) is 0 Å². The first-order chi connectivity index (χ1) is 10.1. The molecule has 0 radical (unpaired) electrons. The van der Waals surface area contributed by atoms with Crippen molar-refractivity contribution >= 4 is 12.4 Å². The molecule has 0 aromatic heterocycles. The molecule has 0 bridgehead atoms. The molecule has 1 amide bonds. The van der Waals surface area contributed by atoms with E-state index in [1.165, 1.54) is 17.4 Å². The van der Waals surface area contributed by atoms with E-state index in [0.29, 0.717) is 13.0 Å². The van der Waals surface area contributed by atoms with Crippen LogP contribution in [0, 0.1) is 12.8 Å². The number of amides is 1. The van der Waals surface area contributed by atoms with Crippen molar-refractivity contribution in [3.05, 3.63) is 12.7 Å². The monoisotopic (exact) mass is 299 g/mol. The van der Waals surface area contributed by atoms with Crippen molar-refractivity contribution in [1.82, 2.24) is 4.90 Å². The van der Waals surface area contributed by atoms with E-state index in [-0.39, 0.29) is 6.42 Å². The van der Waals surface area contributed by atoms with Crippen LogP contribution in [0.2, 0.25) is 0 Å². The lowest BCUT2D eigenvalue weighted by molar-refractivity contribution is -0.146. The molecule has 1 atom stereocenters. The van der Waals surface area contributed by atoms with Gasteiger partial charge in [-0.25, -0.2) is 4.79 Å². The zero-order chi connectivity index (χ0) is 17.7. The van der Waals surface area contributed by atoms with Gasteiger partial charge in [-0.3, -0.25) is 4.79 Å². The van der Waals surface area contributed by atoms with Crippen LogP contribution in [0.4, 0.5) is 0 Å². The Morgan fingerprint density at radius 1 is 1.29 bits per heavy atom. The predicted molar refractivity (Wildman–Crippen MR) is 91.1 cm³/mol. The molecule has 0 aromatic carbocycles. The molecule has 0 saturated heterocycles. The highest BCUT2D eigenvalue weighted by Crippen LogP contribution is 2.05. The highest BCUT2D eigenvalue weighted by Gasteiger charge is 2.22. The van der Waals surface area contributed by atoms with E-state index in [4.69, 9.17) is 5.11 Å². The van der Waals surface area contributed by atoms with Gasteiger partial charge >= 0.3 is 5.97 Å². The van der Waals surface area contributed by atoms with Gasteiger partial charge in [0.25, 0.3) is 0 Å². The van der Waals surface area contributed by atoms with Crippen LogP contribution in [0.5, 0.6) is 0 Å². The number of aliphatic carboxylic acids is 1. The lowest BCUT2D eigenvalue weighted by Gasteiger charge is -2.23. The Morgan fingerprint density at radius 2 is 1.71 bits per heavy atom. The zero-order valence-electron chi connectivity index (χ0n) is 14.3. The summed E-state index contributed by atoms with van der Waals surface area (Å²) < 4.78 is 0. The second-order valence-corrected chi connectivity index (χ2v) is 3.78. The Labute approximate surface area is 131 Å². The van der Waals surface area contributed by atoms with Crippen molar-refractivity contribution in [2.24, 2.45) is 0 Å². The van der Waals surface area contributed by atoms with Crippen molar-refractivity contribution < 1.29 is 14.7 Å². The largest absolute Gasteiger partial charge is 0.480 e. The highest BCUT2D eigenvalue weighted by atomic mass is 16.4. The molecule has 0 spiro atoms. The number of rotatable bonds is 8. The minimum atomic E-state index is -0.979. The van der Waals surface area contributed by atoms with Crippen molar-refractivity contribution in [1.29, 1.82) is 0 Å². The average molecular weight is 299 g/mol. The van der Waals surface area contributed by atoms with Gasteiger partial charge in [-0.1, -0.05) is 53.5 Å². The molecule has 0 aliphatic heterocycles. The number of carbonyl (C=O) groups excluding carboxylic acids is 1. The summed E-state index contributed by atoms with van der Waals surface area (Å²) in [6, 6.07) is -0.767. The minimum absolute atomic E-state index is 0.289. The van der Waals surface area contributed by atoms with E-state index < -0.39 is 12.0 Å². The maximum atomic E-state index is 10.8. The first kappa shape index (κ1) is 27.6. The average Bonchev–Trinajstić information content (AvgIpc) is 2.51. The van der Waals surface area contributed by atoms with Crippen LogP contribution in [0.25, 0.3) is 0 Å². The number of carboxylic acids is 1. The van der Waals surface area contributed by atoms with E-state index in [1.54, 1.807) is 0 Å². The molecule has 0 unspecified atom stereocenters. The normalized spacial score (nSPS) is 9.10. The number of hydrogen-bond donors (Lipinski definition) is 1. The molecule has 0 aliphatic carbocycles. The predicted octanol–water partition coefficient (Wildman–Crippen LogP) is 3.97. The summed E-state index contributed by atoms with van der Waals surface area (Å²) in [5.41, 5.74) is 0. The smallest absolute Gasteiger partial charge is 0.326 e. The van der Waals surface area contributed by atoms with E-state index in [1.807, 2.05) is 20.8 Å². The van der Waals surface area contributed by atoms with E-state index in [0.717, 1.165) is 12.8 Å². The van der Waals surface area contributed by atoms with Crippen LogP contribution in [0.15, 0.2) is 12.7 Å². The van der Waals surface area contributed by atoms with Gasteiger partial charge in [-0.2, -0.15) is 0 Å². The quantitative estimate of drug-likeness (QED) is 0.419. The SMILES string of the molecule is C#C.C=CC[C@@H](C(=O)O)N(C=O)CCCC.CC.CCC. The summed E-state index contributed by atoms with van der Waals surface area (Å²) in [4.78, 5) is 22.8. The number of unbranched alkanes of at least 4 members (excludes halogenated alkanes) is 1. The molecular weight excluding hydrogens is 266 g/mol. The summed E-state index contributed by atoms with van der Waals surface area (Å²) in [7, 11) is 0. The van der Waals surface area contributed by atoms with E-state index in [9.17, 15) is 9.59 Å². The Hall–Kier alpha value is -1.76. The van der Waals surface area contributed by atoms with Crippen molar-refractivity contribution in [3.8, 4) is 12.8 Å². The van der Waals surface area contributed by atoms with Crippen LogP contribution < -0.4 is 0 Å². The Morgan fingerprint density at radius 3 is 1.95 bits per heavy atom. The number of hydrogen-bond acceptors (Lipinski definition) is 2. The maximum absolute atomic E-state index is 10.8. The lowest BCUT2D eigenvalue weighted by atomic mass is 10.1. The van der Waals surface area contributed by atoms with Gasteiger partial charge < -0.3 is 10.0 Å². The molecule has 0 rings (SSSR count). The maximum Gasteiger partial charge on any atom is 0.326 e. The number of carbonyl (C=O) groups is 2. The number of carboxylic acid groups (broad SMARTS) is 1. The molecule has 0 fully saturated rings. The molecule has 21 heavy (non-hydrogen) atoms. The summed E-state index contributed by atoms with van der Waals surface area (Å²) in [5.74, 6) is -0.979. The molecule has 0 saturated carbocycles. The van der Waals surface area contributed by atoms with E-state index in [2.05, 4.69) is 33.3 Å². The van der Waals surface area contributed by atoms with Gasteiger partial charge in [0.1, 0.15) is 6.04 Å².